The normalized spacial score (nSPS) is 37.0. The molecule has 1 aliphatic carbocycles. The van der Waals surface area contributed by atoms with Gasteiger partial charge in [0, 0.05) is 14.2 Å². The zero-order valence-corrected chi connectivity index (χ0v) is 18.4. The molecule has 3 rings (SSSR count). The molecule has 1 saturated carbocycles. The Labute approximate surface area is 177 Å². The number of nitrogens with one attached hydrogen (secondary N) is 1. The topological polar surface area (TPSA) is 98.9 Å². The van der Waals surface area contributed by atoms with Crippen molar-refractivity contribution in [1.29, 1.82) is 0 Å². The molecule has 30 heavy (non-hydrogen) atoms. The standard InChI is InChI=1S/C22H33NO7/c1-14(2)8-9-16-21(3,30-16)19-18(26-5)15(10-11-22(19)13-28-22)29-17(24)7-6-12-27-20(25)23-4/h6,8,12,15-16,18-19H,7,9-11,13H2,1-5H3,(H,23,25). The summed E-state index contributed by atoms with van der Waals surface area (Å²) < 4.78 is 28.4. The number of esters is 1. The van der Waals surface area contributed by atoms with Crippen molar-refractivity contribution in [3.8, 4) is 0 Å². The summed E-state index contributed by atoms with van der Waals surface area (Å²) in [5.74, 6) is -0.405. The highest BCUT2D eigenvalue weighted by Gasteiger charge is 2.72. The average Bonchev–Trinajstić information content (AvgIpc) is 3.62. The van der Waals surface area contributed by atoms with Gasteiger partial charge in [0.15, 0.2) is 0 Å². The summed E-state index contributed by atoms with van der Waals surface area (Å²) in [5.41, 5.74) is 0.645. The highest BCUT2D eigenvalue weighted by molar-refractivity contribution is 5.71. The number of amides is 1. The van der Waals surface area contributed by atoms with Gasteiger partial charge in [-0.2, -0.15) is 0 Å². The summed E-state index contributed by atoms with van der Waals surface area (Å²) >= 11 is 0. The van der Waals surface area contributed by atoms with E-state index in [4.69, 9.17) is 23.7 Å². The number of carbonyl (C=O) groups is 2. The average molecular weight is 424 g/mol. The highest BCUT2D eigenvalue weighted by atomic mass is 16.6. The van der Waals surface area contributed by atoms with Gasteiger partial charge in [-0.1, -0.05) is 11.6 Å². The third-order valence-corrected chi connectivity index (χ3v) is 6.28. The zero-order valence-electron chi connectivity index (χ0n) is 18.4. The van der Waals surface area contributed by atoms with Crippen molar-refractivity contribution in [3.63, 3.8) is 0 Å². The van der Waals surface area contributed by atoms with Crippen molar-refractivity contribution in [1.82, 2.24) is 5.32 Å². The predicted octanol–water partition coefficient (Wildman–Crippen LogP) is 2.87. The lowest BCUT2D eigenvalue weighted by atomic mass is 9.68. The van der Waals surface area contributed by atoms with Gasteiger partial charge in [-0.3, -0.25) is 4.79 Å². The van der Waals surface area contributed by atoms with E-state index in [1.165, 1.54) is 25.0 Å². The van der Waals surface area contributed by atoms with Crippen LogP contribution in [0.15, 0.2) is 24.0 Å². The molecule has 6 atom stereocenters. The fraction of sp³-hybridized carbons (Fsp3) is 0.727. The van der Waals surface area contributed by atoms with E-state index in [1.54, 1.807) is 7.11 Å². The largest absolute Gasteiger partial charge is 0.459 e. The maximum atomic E-state index is 12.3. The molecule has 1 N–H and O–H groups in total. The Morgan fingerprint density at radius 1 is 1.30 bits per heavy atom. The van der Waals surface area contributed by atoms with Crippen molar-refractivity contribution in [2.75, 3.05) is 20.8 Å². The molecule has 2 aliphatic heterocycles. The number of hydrogen-bond donors (Lipinski definition) is 1. The van der Waals surface area contributed by atoms with Crippen LogP contribution in [0.3, 0.4) is 0 Å². The Kier molecular flexibility index (Phi) is 6.89. The lowest BCUT2D eigenvalue weighted by Crippen LogP contribution is -2.55. The van der Waals surface area contributed by atoms with E-state index in [1.807, 2.05) is 0 Å². The van der Waals surface area contributed by atoms with Crippen LogP contribution >= 0.6 is 0 Å². The van der Waals surface area contributed by atoms with E-state index in [0.717, 1.165) is 12.8 Å². The van der Waals surface area contributed by atoms with E-state index in [2.05, 4.69) is 32.2 Å². The molecule has 2 saturated heterocycles. The molecule has 0 aromatic heterocycles. The molecule has 0 aromatic rings. The van der Waals surface area contributed by atoms with E-state index in [9.17, 15) is 9.59 Å². The maximum absolute atomic E-state index is 12.3. The Hall–Kier alpha value is -1.90. The molecule has 3 aliphatic rings. The van der Waals surface area contributed by atoms with Crippen LogP contribution < -0.4 is 5.32 Å². The first-order valence-corrected chi connectivity index (χ1v) is 10.5. The van der Waals surface area contributed by atoms with Crippen molar-refractivity contribution < 1.29 is 33.3 Å². The predicted molar refractivity (Wildman–Crippen MR) is 109 cm³/mol. The molecule has 3 fully saturated rings. The number of methoxy groups -OCH3 is 1. The van der Waals surface area contributed by atoms with Gasteiger partial charge in [0.2, 0.25) is 0 Å². The molecule has 0 radical (unpaired) electrons. The molecule has 6 unspecified atom stereocenters. The van der Waals surface area contributed by atoms with Crippen LogP contribution in [0.4, 0.5) is 4.79 Å². The third-order valence-electron chi connectivity index (χ3n) is 6.28. The summed E-state index contributed by atoms with van der Waals surface area (Å²) in [6, 6.07) is 0. The molecular formula is C22H33NO7. The minimum absolute atomic E-state index is 0.00715. The van der Waals surface area contributed by atoms with Gasteiger partial charge in [-0.25, -0.2) is 4.79 Å². The number of allylic oxidation sites excluding steroid dienone is 1. The third kappa shape index (κ3) is 4.87. The molecule has 8 nitrogen and oxygen atoms in total. The Morgan fingerprint density at radius 2 is 2.03 bits per heavy atom. The SMILES string of the molecule is CNC(=O)OC=CCC(=O)OC1CCC2(CO2)C(C2(C)OC2CC=C(C)C)C1OC. The van der Waals surface area contributed by atoms with Gasteiger partial charge in [0.25, 0.3) is 0 Å². The monoisotopic (exact) mass is 423 g/mol. The number of rotatable bonds is 8. The molecule has 1 amide bonds. The number of ether oxygens (including phenoxy) is 5. The fourth-order valence-corrected chi connectivity index (χ4v) is 4.60. The summed E-state index contributed by atoms with van der Waals surface area (Å²) in [5, 5.41) is 2.32. The quantitative estimate of drug-likeness (QED) is 0.277. The second kappa shape index (κ2) is 9.08. The van der Waals surface area contributed by atoms with E-state index in [0.29, 0.717) is 13.0 Å². The number of alkyl carbamates (subject to hydrolysis) is 1. The lowest BCUT2D eigenvalue weighted by Gasteiger charge is -2.42. The van der Waals surface area contributed by atoms with Crippen LogP contribution in [0.25, 0.3) is 0 Å². The van der Waals surface area contributed by atoms with Crippen LogP contribution in [-0.2, 0) is 28.5 Å². The van der Waals surface area contributed by atoms with Gasteiger partial charge in [0.1, 0.15) is 23.4 Å². The molecule has 168 valence electrons. The molecule has 1 spiro atoms. The number of hydrogen-bond acceptors (Lipinski definition) is 7. The van der Waals surface area contributed by atoms with Crippen LogP contribution in [-0.4, -0.2) is 62.3 Å². The van der Waals surface area contributed by atoms with E-state index >= 15 is 0 Å². The van der Waals surface area contributed by atoms with Crippen LogP contribution in [0, 0.1) is 5.92 Å². The molecule has 0 aromatic carbocycles. The summed E-state index contributed by atoms with van der Waals surface area (Å²) in [4.78, 5) is 23.3. The number of carbonyl (C=O) groups excluding carboxylic acids is 2. The summed E-state index contributed by atoms with van der Waals surface area (Å²) in [7, 11) is 3.10. The first-order valence-electron chi connectivity index (χ1n) is 10.5. The summed E-state index contributed by atoms with van der Waals surface area (Å²) in [6.45, 7) is 6.95. The Morgan fingerprint density at radius 3 is 2.63 bits per heavy atom. The minimum Gasteiger partial charge on any atom is -0.459 e. The second-order valence-corrected chi connectivity index (χ2v) is 8.64. The smallest absolute Gasteiger partial charge is 0.411 e. The molecule has 8 heteroatoms. The number of epoxide rings is 2. The van der Waals surface area contributed by atoms with Crippen LogP contribution in [0.1, 0.15) is 46.5 Å². The second-order valence-electron chi connectivity index (χ2n) is 8.64. The lowest BCUT2D eigenvalue weighted by molar-refractivity contribution is -0.171. The van der Waals surface area contributed by atoms with Gasteiger partial charge in [0.05, 0.1) is 31.3 Å². The van der Waals surface area contributed by atoms with E-state index in [-0.39, 0.29) is 41.9 Å². The molecular weight excluding hydrogens is 390 g/mol. The molecule has 2 heterocycles. The highest BCUT2D eigenvalue weighted by Crippen LogP contribution is 2.59. The van der Waals surface area contributed by atoms with Crippen molar-refractivity contribution in [2.24, 2.45) is 5.92 Å². The van der Waals surface area contributed by atoms with Gasteiger partial charge >= 0.3 is 12.1 Å². The maximum Gasteiger partial charge on any atom is 0.411 e. The van der Waals surface area contributed by atoms with Gasteiger partial charge < -0.3 is 29.0 Å². The van der Waals surface area contributed by atoms with Gasteiger partial charge in [-0.15, -0.1) is 0 Å². The first kappa shape index (κ1) is 22.8. The minimum atomic E-state index is -0.593. The van der Waals surface area contributed by atoms with Crippen LogP contribution in [0.2, 0.25) is 0 Å². The fourth-order valence-electron chi connectivity index (χ4n) is 4.60. The van der Waals surface area contributed by atoms with Crippen molar-refractivity contribution in [2.45, 2.75) is 76.0 Å². The van der Waals surface area contributed by atoms with Crippen molar-refractivity contribution >= 4 is 12.1 Å². The summed E-state index contributed by atoms with van der Waals surface area (Å²) in [6.07, 6.45) is 5.98. The van der Waals surface area contributed by atoms with E-state index < -0.39 is 12.1 Å². The molecule has 0 bridgehead atoms. The Balaban J connectivity index is 1.63. The Bertz CT molecular complexity index is 710. The first-order chi connectivity index (χ1) is 14.3. The zero-order chi connectivity index (χ0) is 21.9. The van der Waals surface area contributed by atoms with Crippen molar-refractivity contribution in [3.05, 3.63) is 24.0 Å². The van der Waals surface area contributed by atoms with Gasteiger partial charge in [-0.05, 0) is 46.1 Å². The van der Waals surface area contributed by atoms with Crippen LogP contribution in [0.5, 0.6) is 0 Å².